The van der Waals surface area contributed by atoms with Gasteiger partial charge in [0.25, 0.3) is 0 Å². The van der Waals surface area contributed by atoms with Crippen LogP contribution in [0.25, 0.3) is 10.9 Å². The van der Waals surface area contributed by atoms with Crippen molar-refractivity contribution >= 4 is 34.5 Å². The first-order valence-corrected chi connectivity index (χ1v) is 20.9. The van der Waals surface area contributed by atoms with E-state index in [4.69, 9.17) is 23.9 Å². The molecule has 5 rings (SSSR count). The zero-order chi connectivity index (χ0) is 40.4. The Labute approximate surface area is 328 Å². The predicted octanol–water partition coefficient (Wildman–Crippen LogP) is 8.75. The first-order chi connectivity index (χ1) is 25.9. The van der Waals surface area contributed by atoms with Gasteiger partial charge in [-0.3, -0.25) is 19.4 Å². The Balaban J connectivity index is 1.45. The summed E-state index contributed by atoms with van der Waals surface area (Å²) in [6.45, 7) is 21.8. The fourth-order valence-electron chi connectivity index (χ4n) is 9.92. The number of hydrogen-bond donors (Lipinski definition) is 0. The number of fused-ring (bicyclic) bond motifs is 2. The van der Waals surface area contributed by atoms with Crippen molar-refractivity contribution < 1.29 is 38.1 Å². The Morgan fingerprint density at radius 3 is 2.29 bits per heavy atom. The highest BCUT2D eigenvalue weighted by Crippen LogP contribution is 2.46. The van der Waals surface area contributed by atoms with Crippen molar-refractivity contribution in [3.05, 3.63) is 42.1 Å². The second-order valence-electron chi connectivity index (χ2n) is 17.7. The second-order valence-corrected chi connectivity index (χ2v) is 17.7. The highest BCUT2D eigenvalue weighted by Gasteiger charge is 2.61. The fraction of sp³-hybridized carbons (Fsp3) is 0.711. The molecule has 1 aromatic carbocycles. The molecular weight excluding hydrogens is 697 g/mol. The van der Waals surface area contributed by atoms with Crippen LogP contribution in [0.2, 0.25) is 0 Å². The summed E-state index contributed by atoms with van der Waals surface area (Å²) in [6, 6.07) is 11.5. The summed E-state index contributed by atoms with van der Waals surface area (Å²) in [6.07, 6.45) is 1.63. The number of amides is 1. The summed E-state index contributed by atoms with van der Waals surface area (Å²) in [5, 5.41) is 1.09. The number of Topliss-reactive ketones (excluding diaryl/α,β-unsaturated/α-hetero) is 2. The molecule has 4 heterocycles. The van der Waals surface area contributed by atoms with E-state index in [9.17, 15) is 19.2 Å². The van der Waals surface area contributed by atoms with Crippen LogP contribution >= 0.6 is 0 Å². The van der Waals surface area contributed by atoms with Crippen molar-refractivity contribution in [2.75, 3.05) is 6.54 Å². The van der Waals surface area contributed by atoms with E-state index in [2.05, 4.69) is 19.9 Å². The van der Waals surface area contributed by atoms with E-state index >= 15 is 0 Å². The maximum absolute atomic E-state index is 14.7. The number of carbonyl (C=O) groups excluding carboxylic acids is 4. The van der Waals surface area contributed by atoms with Gasteiger partial charge in [0, 0.05) is 41.3 Å². The fourth-order valence-corrected chi connectivity index (χ4v) is 9.92. The molecule has 0 N–H and O–H groups in total. The number of pyridine rings is 1. The Kier molecular flexibility index (Phi) is 13.5. The molecule has 12 atom stereocenters. The molecule has 1 aromatic heterocycles. The van der Waals surface area contributed by atoms with Gasteiger partial charge in [-0.05, 0) is 82.3 Å². The van der Waals surface area contributed by atoms with E-state index in [-0.39, 0.29) is 23.6 Å². The number of benzene rings is 1. The lowest BCUT2D eigenvalue weighted by molar-refractivity contribution is -0.267. The molecule has 304 valence electrons. The number of esters is 1. The van der Waals surface area contributed by atoms with Crippen LogP contribution in [0.5, 0.6) is 0 Å². The molecule has 1 amide bonds. The van der Waals surface area contributed by atoms with E-state index < -0.39 is 71.3 Å². The number of cyclic esters (lactones) is 1. The molecule has 3 aliphatic rings. The van der Waals surface area contributed by atoms with Crippen molar-refractivity contribution in [1.29, 1.82) is 0 Å². The third-order valence-electron chi connectivity index (χ3n) is 13.2. The lowest BCUT2D eigenvalue weighted by Crippen LogP contribution is -2.59. The van der Waals surface area contributed by atoms with Gasteiger partial charge in [-0.2, -0.15) is 0 Å². The van der Waals surface area contributed by atoms with Crippen molar-refractivity contribution in [2.24, 2.45) is 40.9 Å². The van der Waals surface area contributed by atoms with E-state index in [0.717, 1.165) is 35.9 Å². The van der Waals surface area contributed by atoms with Gasteiger partial charge in [-0.25, -0.2) is 4.79 Å². The maximum atomic E-state index is 14.7. The van der Waals surface area contributed by atoms with Gasteiger partial charge in [0.05, 0.1) is 23.8 Å². The van der Waals surface area contributed by atoms with E-state index in [0.29, 0.717) is 38.1 Å². The summed E-state index contributed by atoms with van der Waals surface area (Å²) in [4.78, 5) is 63.5. The quantitative estimate of drug-likeness (QED) is 0.140. The Morgan fingerprint density at radius 2 is 1.60 bits per heavy atom. The number of rotatable bonds is 9. The average molecular weight is 763 g/mol. The largest absolute Gasteiger partial charge is 0.457 e. The molecule has 2 aromatic rings. The van der Waals surface area contributed by atoms with Crippen LogP contribution in [0.3, 0.4) is 0 Å². The molecule has 0 aliphatic carbocycles. The van der Waals surface area contributed by atoms with Crippen molar-refractivity contribution in [2.45, 2.75) is 157 Å². The number of aromatic nitrogens is 1. The number of ketones is 2. The van der Waals surface area contributed by atoms with Gasteiger partial charge in [0.15, 0.2) is 17.7 Å². The lowest BCUT2D eigenvalue weighted by Gasteiger charge is -2.46. The predicted molar refractivity (Wildman–Crippen MR) is 212 cm³/mol. The van der Waals surface area contributed by atoms with Gasteiger partial charge in [0.2, 0.25) is 0 Å². The minimum atomic E-state index is -1.28. The number of nitrogens with zero attached hydrogens (tertiary/aromatic N) is 2. The first-order valence-electron chi connectivity index (χ1n) is 20.9. The normalized spacial score (nSPS) is 36.3. The number of aryl methyl sites for hydroxylation is 1. The zero-order valence-electron chi connectivity index (χ0n) is 35.1. The molecule has 0 radical (unpaired) electrons. The third-order valence-corrected chi connectivity index (χ3v) is 13.2. The molecule has 3 saturated heterocycles. The number of ether oxygens (including phenoxy) is 4. The third kappa shape index (κ3) is 8.80. The monoisotopic (exact) mass is 762 g/mol. The Morgan fingerprint density at radius 1 is 0.891 bits per heavy atom. The van der Waals surface area contributed by atoms with E-state index in [1.54, 1.807) is 11.8 Å². The van der Waals surface area contributed by atoms with E-state index in [1.807, 2.05) is 85.7 Å². The molecule has 1 unspecified atom stereocenters. The van der Waals surface area contributed by atoms with Crippen LogP contribution in [0.15, 0.2) is 36.4 Å². The Hall–Kier alpha value is -3.37. The van der Waals surface area contributed by atoms with Crippen LogP contribution in [0.4, 0.5) is 4.79 Å². The van der Waals surface area contributed by atoms with Crippen LogP contribution in [0, 0.1) is 40.9 Å². The maximum Gasteiger partial charge on any atom is 0.410 e. The van der Waals surface area contributed by atoms with Crippen LogP contribution in [-0.2, 0) is 39.8 Å². The highest BCUT2D eigenvalue weighted by atomic mass is 16.7. The summed E-state index contributed by atoms with van der Waals surface area (Å²) >= 11 is 0. The molecule has 10 nitrogen and oxygen atoms in total. The average Bonchev–Trinajstić information content (AvgIpc) is 3.45. The highest BCUT2D eigenvalue weighted by molar-refractivity contribution is 6.00. The smallest absolute Gasteiger partial charge is 0.410 e. The molecular formula is C45H66N2O8. The van der Waals surface area contributed by atoms with Crippen molar-refractivity contribution in [3.63, 3.8) is 0 Å². The zero-order valence-corrected chi connectivity index (χ0v) is 35.1. The standard InChI is InChI=1S/C45H66N2O8/c1-12-36-45(13-2)39(47(43(51)55-45)23-17-16-19-34-22-21-33-18-14-15-20-35(33)46-34)30(7)37(48)27(4)25-44(10,11)40(31(8)38(49)32(9)41(50)53-36)54-42-29(6)26(3)24-28(5)52-42/h14-15,18,20-22,26-32,36,39-40,42H,12-13,16-17,19,23-25H2,1-11H3/t26-,27+,28+,29+,30-,31-,32+,36+,39+,40+,42?,45+/m0/s1. The topological polar surface area (TPSA) is 121 Å². The minimum absolute atomic E-state index is 0.00136. The van der Waals surface area contributed by atoms with Crippen LogP contribution in [-0.4, -0.2) is 76.3 Å². The lowest BCUT2D eigenvalue weighted by atomic mass is 9.68. The van der Waals surface area contributed by atoms with Gasteiger partial charge in [0.1, 0.15) is 17.8 Å². The number of hydrogen-bond acceptors (Lipinski definition) is 9. The number of para-hydroxylation sites is 1. The van der Waals surface area contributed by atoms with Crippen molar-refractivity contribution in [3.8, 4) is 0 Å². The van der Waals surface area contributed by atoms with Gasteiger partial charge in [-0.15, -0.1) is 0 Å². The molecule has 0 bridgehead atoms. The molecule has 10 heteroatoms. The molecule has 55 heavy (non-hydrogen) atoms. The summed E-state index contributed by atoms with van der Waals surface area (Å²) < 4.78 is 25.7. The van der Waals surface area contributed by atoms with Crippen LogP contribution in [0.1, 0.15) is 120 Å². The molecule has 3 aliphatic heterocycles. The molecule has 0 spiro atoms. The number of carbonyl (C=O) groups is 4. The molecule has 3 fully saturated rings. The molecule has 0 saturated carbocycles. The summed E-state index contributed by atoms with van der Waals surface area (Å²) in [7, 11) is 0. The van der Waals surface area contributed by atoms with Gasteiger partial charge >= 0.3 is 12.1 Å². The van der Waals surface area contributed by atoms with Gasteiger partial charge < -0.3 is 23.8 Å². The number of unbranched alkanes of at least 4 members (excludes halogenated alkanes) is 1. The van der Waals surface area contributed by atoms with Gasteiger partial charge in [-0.1, -0.05) is 86.6 Å². The SMILES string of the molecule is CC[C@H]1OC(=O)[C@H](C)C(=O)[C@H](C)[C@@H](OC2O[C@H](C)C[C@H](C)[C@H]2C)C(C)(C)C[C@@H](C)C(=O)[C@H](C)[C@H]2N(CCCCc3ccc4ccccc4n3)C(=O)O[C@]12CC. The van der Waals surface area contributed by atoms with Crippen LogP contribution < -0.4 is 0 Å². The second kappa shape index (κ2) is 17.4. The van der Waals surface area contributed by atoms with Crippen molar-refractivity contribution in [1.82, 2.24) is 9.88 Å². The Bertz CT molecular complexity index is 1690. The van der Waals surface area contributed by atoms with E-state index in [1.165, 1.54) is 0 Å². The minimum Gasteiger partial charge on any atom is -0.457 e. The first kappa shape index (κ1) is 42.8. The summed E-state index contributed by atoms with van der Waals surface area (Å²) in [5.74, 6) is -3.36. The summed E-state index contributed by atoms with van der Waals surface area (Å²) in [5.41, 5.74) is -0.0191.